The van der Waals surface area contributed by atoms with Gasteiger partial charge in [-0.05, 0) is 176 Å². The smallest absolute Gasteiger partial charge is 0.282 e. The predicted molar refractivity (Wildman–Crippen MR) is 350 cm³/mol. The second kappa shape index (κ2) is 25.5. The molecule has 0 fully saturated rings. The van der Waals surface area contributed by atoms with Crippen LogP contribution in [0.1, 0.15) is 66.8 Å². The molecule has 0 aliphatic rings. The molecule has 0 unspecified atom stereocenters. The van der Waals surface area contributed by atoms with E-state index in [2.05, 4.69) is 0 Å². The van der Waals surface area contributed by atoms with E-state index in [1.54, 1.807) is 0 Å². The summed E-state index contributed by atoms with van der Waals surface area (Å²) in [5, 5.41) is 0. The van der Waals surface area contributed by atoms with Crippen molar-refractivity contribution in [1.82, 2.24) is 0 Å². The van der Waals surface area contributed by atoms with Gasteiger partial charge in [0, 0.05) is 0 Å². The zero-order chi connectivity index (χ0) is 72.7. The average Bonchev–Trinajstić information content (AvgIpc) is 0.709. The van der Waals surface area contributed by atoms with Crippen LogP contribution in [0.4, 0.5) is 0 Å². The Hall–Kier alpha value is -8.61. The average molecular weight is 1530 g/mol. The van der Waals surface area contributed by atoms with Crippen LogP contribution in [0.25, 0.3) is 0 Å². The van der Waals surface area contributed by atoms with Gasteiger partial charge in [0.1, 0.15) is 0 Å². The van der Waals surface area contributed by atoms with Gasteiger partial charge in [-0.3, -0.25) is 41.0 Å². The fourth-order valence-corrected chi connectivity index (χ4v) is 16.5. The van der Waals surface area contributed by atoms with E-state index < -0.39 is 151 Å². The third-order valence-corrected chi connectivity index (χ3v) is 24.3. The van der Waals surface area contributed by atoms with Crippen LogP contribution in [0.2, 0.25) is 0 Å². The van der Waals surface area contributed by atoms with E-state index in [0.717, 1.165) is 218 Å². The minimum absolute atomic E-state index is 0.159. The van der Waals surface area contributed by atoms with Crippen LogP contribution >= 0.6 is 0 Å². The Morgan fingerprint density at radius 1 is 0.141 bits per heavy atom. The van der Waals surface area contributed by atoms with Gasteiger partial charge in [-0.15, -0.1) is 0 Å². The second-order valence-corrected chi connectivity index (χ2v) is 34.8. The fourth-order valence-electron chi connectivity index (χ4n) is 12.2. The monoisotopic (exact) mass is 1520 g/mol. The van der Waals surface area contributed by atoms with E-state index in [4.69, 9.17) is 0 Å². The van der Waals surface area contributed by atoms with Gasteiger partial charge in [-0.25, -0.2) is 0 Å². The van der Waals surface area contributed by atoms with Gasteiger partial charge >= 0.3 is 0 Å². The molecule has 0 saturated heterocycles. The predicted octanol–water partition coefficient (Wildman–Crippen LogP) is 8.06. The third-order valence-electron chi connectivity index (χ3n) is 16.5. The molecule has 10 aromatic carbocycles. The van der Waals surface area contributed by atoms with E-state index in [1.165, 1.54) is 18.2 Å². The molecule has 99 heavy (non-hydrogen) atoms. The first-order valence-electron chi connectivity index (χ1n) is 27.6. The molecule has 0 heterocycles. The van der Waals surface area contributed by atoms with Crippen molar-refractivity contribution in [2.75, 3.05) is 0 Å². The summed E-state index contributed by atoms with van der Waals surface area (Å²) in [7, 11) is -46.1. The first-order valence-corrected chi connectivity index (χ1v) is 40.6. The molecule has 0 amide bonds. The highest BCUT2D eigenvalue weighted by Crippen LogP contribution is 2.55. The lowest BCUT2D eigenvalue weighted by Gasteiger charge is -2.43. The maximum Gasteiger partial charge on any atom is 0.294 e. The van der Waals surface area contributed by atoms with Crippen molar-refractivity contribution in [3.05, 3.63) is 303 Å². The molecule has 36 heteroatoms. The highest BCUT2D eigenvalue weighted by molar-refractivity contribution is 7.87. The van der Waals surface area contributed by atoms with Crippen molar-refractivity contribution >= 4 is 91.1 Å². The standard InChI is InChI=1S/C63H48O27S9/c64-91(65,66)52-19-1-40(2-20-52)61(41-3-21-53(22-4-41)92(67,68)69,42-5-23-54(24-6-42)93(70,71)72)49-37-50(62(43-7-25-55(26-8-43)94(73,74)75,44-9-27-56(28-10-44)95(76,77)78)45-11-29-57(30-12-45)96(79,80)81)39-51(38-49)63(46-13-31-58(32-14-46)97(82,83)84,47-15-33-59(34-16-47)98(85,86)87)48-17-35-60(36-18-48)99(88,89)90/h1-39H,(H,64,65,66)(H,67,68,69)(H,70,71,72)(H,73,74,75)(H,76,77,78)(H,79,80,81)(H,82,83,84)(H,85,86,87)(H,88,89,90). The summed E-state index contributed by atoms with van der Waals surface area (Å²) in [4.78, 5) is -6.87. The largest absolute Gasteiger partial charge is 0.294 e. The molecule has 0 saturated carbocycles. The van der Waals surface area contributed by atoms with Gasteiger partial charge in [-0.2, -0.15) is 75.8 Å². The SMILES string of the molecule is O=S(=O)(O)c1ccc(C(c2ccc(S(=O)(=O)O)cc2)(c2ccc(S(=O)(=O)O)cc2)c2cc(C(c3ccc(S(=O)(=O)O)cc3)(c3ccc(S(=O)(=O)O)cc3)c3ccc(S(=O)(=O)O)cc3)cc(C(c3ccc(S(=O)(=O)O)cc3)(c3ccc(S(=O)(=O)O)cc3)c3ccc(S(=O)(=O)O)cc3)c2)cc1. The number of benzene rings is 10. The number of hydrogen-bond acceptors (Lipinski definition) is 18. The maximum absolute atomic E-state index is 13.0. The van der Waals surface area contributed by atoms with E-state index in [0.29, 0.717) is 0 Å². The van der Waals surface area contributed by atoms with Crippen molar-refractivity contribution in [3.8, 4) is 0 Å². The molecule has 0 aliphatic heterocycles. The van der Waals surface area contributed by atoms with Gasteiger partial charge < -0.3 is 0 Å². The molecule has 0 aliphatic carbocycles. The van der Waals surface area contributed by atoms with Crippen LogP contribution in [0, 0.1) is 0 Å². The first kappa shape index (κ1) is 73.1. The summed E-state index contributed by atoms with van der Waals surface area (Å²) in [6.45, 7) is 0. The molecule has 27 nitrogen and oxygen atoms in total. The summed E-state index contributed by atoms with van der Waals surface area (Å²) in [6, 6.07) is 40.3. The highest BCUT2D eigenvalue weighted by Gasteiger charge is 2.48. The zero-order valence-corrected chi connectivity index (χ0v) is 56.9. The van der Waals surface area contributed by atoms with Crippen LogP contribution in [0.3, 0.4) is 0 Å². The summed E-state index contributed by atoms with van der Waals surface area (Å²) in [6.07, 6.45) is 0. The lowest BCUT2D eigenvalue weighted by molar-refractivity contribution is 0.480. The van der Waals surface area contributed by atoms with Gasteiger partial charge in [0.15, 0.2) is 0 Å². The van der Waals surface area contributed by atoms with E-state index >= 15 is 0 Å². The van der Waals surface area contributed by atoms with Crippen LogP contribution in [-0.4, -0.2) is 117 Å². The molecule has 10 aromatic rings. The lowest BCUT2D eigenvalue weighted by Crippen LogP contribution is -2.37. The summed E-state index contributed by atoms with van der Waals surface area (Å²) < 4.78 is 327. The summed E-state index contributed by atoms with van der Waals surface area (Å²) in [5.41, 5.74) is -9.49. The number of rotatable bonds is 21. The minimum atomic E-state index is -5.12. The Morgan fingerprint density at radius 3 is 0.293 bits per heavy atom. The van der Waals surface area contributed by atoms with E-state index in [-0.39, 0.29) is 66.8 Å². The lowest BCUT2D eigenvalue weighted by atomic mass is 9.58. The molecule has 0 radical (unpaired) electrons. The molecular weight excluding hydrogens is 1480 g/mol. The van der Waals surface area contributed by atoms with Crippen molar-refractivity contribution in [1.29, 1.82) is 0 Å². The topological polar surface area (TPSA) is 489 Å². The fraction of sp³-hybridized carbons (Fsp3) is 0.0476. The van der Waals surface area contributed by atoms with Crippen LogP contribution in [0.5, 0.6) is 0 Å². The Bertz CT molecular complexity index is 4800. The highest BCUT2D eigenvalue weighted by atomic mass is 32.3. The summed E-state index contributed by atoms with van der Waals surface area (Å²) >= 11 is 0. The van der Waals surface area contributed by atoms with Gasteiger partial charge in [0.25, 0.3) is 91.1 Å². The Labute approximate surface area is 567 Å². The second-order valence-electron chi connectivity index (χ2n) is 22.0. The molecule has 0 atom stereocenters. The third kappa shape index (κ3) is 14.2. The van der Waals surface area contributed by atoms with Crippen molar-refractivity contribution in [2.24, 2.45) is 0 Å². The van der Waals surface area contributed by atoms with E-state index in [9.17, 15) is 117 Å². The van der Waals surface area contributed by atoms with E-state index in [1.807, 2.05) is 0 Å². The molecule has 0 bridgehead atoms. The summed E-state index contributed by atoms with van der Waals surface area (Å²) in [5.74, 6) is 0. The zero-order valence-electron chi connectivity index (χ0n) is 49.6. The number of hydrogen-bond donors (Lipinski definition) is 9. The van der Waals surface area contributed by atoms with Crippen LogP contribution in [0.15, 0.2) is 281 Å². The van der Waals surface area contributed by atoms with Crippen molar-refractivity contribution < 1.29 is 117 Å². The molecule has 516 valence electrons. The molecule has 9 N–H and O–H groups in total. The Morgan fingerprint density at radius 2 is 0.222 bits per heavy atom. The maximum atomic E-state index is 13.0. The van der Waals surface area contributed by atoms with Gasteiger partial charge in [-0.1, -0.05) is 127 Å². The molecule has 0 spiro atoms. The molecule has 10 rings (SSSR count). The van der Waals surface area contributed by atoms with Crippen molar-refractivity contribution in [3.63, 3.8) is 0 Å². The quantitative estimate of drug-likeness (QED) is 0.0242. The normalized spacial score (nSPS) is 13.4. The molecular formula is C63H48O27S9. The Balaban J connectivity index is 1.60. The van der Waals surface area contributed by atoms with Crippen LogP contribution in [-0.2, 0) is 107 Å². The Kier molecular flexibility index (Phi) is 18.9. The minimum Gasteiger partial charge on any atom is -0.282 e. The van der Waals surface area contributed by atoms with Gasteiger partial charge in [0.2, 0.25) is 0 Å². The van der Waals surface area contributed by atoms with Crippen molar-refractivity contribution in [2.45, 2.75) is 60.3 Å². The van der Waals surface area contributed by atoms with Crippen LogP contribution < -0.4 is 0 Å². The van der Waals surface area contributed by atoms with Gasteiger partial charge in [0.05, 0.1) is 60.3 Å². The molecule has 0 aromatic heterocycles. The first-order chi connectivity index (χ1) is 45.7.